The molecule has 3 heterocycles. The van der Waals surface area contributed by atoms with Crippen molar-refractivity contribution in [3.63, 3.8) is 0 Å². The van der Waals surface area contributed by atoms with Crippen LogP contribution in [0, 0.1) is 11.3 Å². The van der Waals surface area contributed by atoms with Crippen molar-refractivity contribution in [3.8, 4) is 0 Å². The highest BCUT2D eigenvalue weighted by molar-refractivity contribution is 5.33. The molecule has 4 fully saturated rings. The zero-order chi connectivity index (χ0) is 16.4. The van der Waals surface area contributed by atoms with Gasteiger partial charge in [-0.1, -0.05) is 19.4 Å². The number of hydrogen-bond acceptors (Lipinski definition) is 5. The Morgan fingerprint density at radius 3 is 2.83 bits per heavy atom. The van der Waals surface area contributed by atoms with Gasteiger partial charge in [0.1, 0.15) is 18.3 Å². The van der Waals surface area contributed by atoms with Gasteiger partial charge in [-0.05, 0) is 30.8 Å². The second-order valence-corrected chi connectivity index (χ2v) is 8.25. The van der Waals surface area contributed by atoms with Gasteiger partial charge in [0.25, 0.3) is 0 Å². The Hall–Kier alpha value is -0.460. The van der Waals surface area contributed by atoms with Crippen LogP contribution in [0.4, 0.5) is 0 Å². The van der Waals surface area contributed by atoms with Gasteiger partial charge in [-0.3, -0.25) is 0 Å². The van der Waals surface area contributed by atoms with E-state index in [0.717, 1.165) is 19.3 Å². The van der Waals surface area contributed by atoms with Crippen molar-refractivity contribution >= 4 is 0 Å². The highest BCUT2D eigenvalue weighted by Gasteiger charge is 2.67. The molecule has 5 rings (SSSR count). The Labute approximate surface area is 143 Å². The second-order valence-electron chi connectivity index (χ2n) is 8.25. The molecule has 2 spiro atoms. The molecule has 3 aliphatic heterocycles. The zero-order valence-corrected chi connectivity index (χ0v) is 14.7. The van der Waals surface area contributed by atoms with E-state index >= 15 is 0 Å². The Morgan fingerprint density at radius 1 is 1.21 bits per heavy atom. The summed E-state index contributed by atoms with van der Waals surface area (Å²) in [5, 5.41) is 0. The largest absolute Gasteiger partial charge is 0.370 e. The third-order valence-electron chi connectivity index (χ3n) is 6.74. The molecule has 2 aliphatic carbocycles. The molecule has 0 aromatic rings. The van der Waals surface area contributed by atoms with E-state index in [-0.39, 0.29) is 35.8 Å². The molecule has 134 valence electrons. The van der Waals surface area contributed by atoms with Gasteiger partial charge < -0.3 is 23.7 Å². The molecule has 0 amide bonds. The third kappa shape index (κ3) is 2.05. The smallest absolute Gasteiger partial charge is 0.169 e. The molecule has 24 heavy (non-hydrogen) atoms. The fourth-order valence-electron chi connectivity index (χ4n) is 5.78. The van der Waals surface area contributed by atoms with Crippen LogP contribution in [0.2, 0.25) is 0 Å². The molecule has 0 aromatic heterocycles. The lowest BCUT2D eigenvalue weighted by Gasteiger charge is -2.33. The summed E-state index contributed by atoms with van der Waals surface area (Å²) in [6, 6.07) is 0. The van der Waals surface area contributed by atoms with Crippen LogP contribution in [-0.4, -0.2) is 50.7 Å². The molecule has 5 nitrogen and oxygen atoms in total. The molecule has 0 aromatic carbocycles. The maximum absolute atomic E-state index is 6.44. The first-order valence-corrected chi connectivity index (χ1v) is 9.50. The van der Waals surface area contributed by atoms with Crippen molar-refractivity contribution in [2.75, 3.05) is 20.3 Å². The van der Waals surface area contributed by atoms with Crippen molar-refractivity contribution in [2.45, 2.75) is 75.8 Å². The molecular formula is C19H28O5. The van der Waals surface area contributed by atoms with Crippen LogP contribution in [0.5, 0.6) is 0 Å². The lowest BCUT2D eigenvalue weighted by atomic mass is 9.76. The van der Waals surface area contributed by atoms with Gasteiger partial charge in [0.05, 0.1) is 18.6 Å². The van der Waals surface area contributed by atoms with Crippen molar-refractivity contribution in [2.24, 2.45) is 11.3 Å². The van der Waals surface area contributed by atoms with Gasteiger partial charge in [-0.15, -0.1) is 0 Å². The maximum atomic E-state index is 6.44. The lowest BCUT2D eigenvalue weighted by Crippen LogP contribution is -2.43. The lowest BCUT2D eigenvalue weighted by molar-refractivity contribution is -0.212. The fraction of sp³-hybridized carbons (Fsp3) is 0.895. The van der Waals surface area contributed by atoms with E-state index in [0.29, 0.717) is 19.1 Å². The number of rotatable bonds is 2. The molecule has 0 radical (unpaired) electrons. The first-order chi connectivity index (χ1) is 11.7. The van der Waals surface area contributed by atoms with Crippen molar-refractivity contribution in [3.05, 3.63) is 11.6 Å². The van der Waals surface area contributed by atoms with Crippen LogP contribution in [-0.2, 0) is 23.7 Å². The summed E-state index contributed by atoms with van der Waals surface area (Å²) in [6.07, 6.45) is 8.68. The van der Waals surface area contributed by atoms with E-state index in [2.05, 4.69) is 13.0 Å². The number of hydrogen-bond donors (Lipinski definition) is 0. The first kappa shape index (κ1) is 15.8. The quantitative estimate of drug-likeness (QED) is 0.726. The minimum absolute atomic E-state index is 0.0194. The molecule has 0 bridgehead atoms. The van der Waals surface area contributed by atoms with Crippen molar-refractivity contribution in [1.82, 2.24) is 0 Å². The van der Waals surface area contributed by atoms with E-state index in [1.807, 2.05) is 0 Å². The standard InChI is InChI=1S/C19H28O5/c1-12-8-13-10-21-16-15(23-17(20-2)19(13,16)9-12)14-11-22-18(24-14)6-4-3-5-7-18/h8,12,14-17H,3-7,9-11H2,1-2H3/t12-,14+,15+,16-,17-,19-/m0/s1. The van der Waals surface area contributed by atoms with E-state index in [4.69, 9.17) is 23.7 Å². The SMILES string of the molecule is CO[C@H]1O[C@H]([C@H]2COC3(CCCCC3)O2)[C@@H]2OCC3=C[C@H](C)C[C@@]312. The topological polar surface area (TPSA) is 46.2 Å². The average Bonchev–Trinajstić information content (AvgIpc) is 3.28. The minimum Gasteiger partial charge on any atom is -0.370 e. The van der Waals surface area contributed by atoms with Crippen molar-refractivity contribution in [1.29, 1.82) is 0 Å². The van der Waals surface area contributed by atoms with Gasteiger partial charge in [-0.2, -0.15) is 0 Å². The van der Waals surface area contributed by atoms with E-state index in [1.54, 1.807) is 7.11 Å². The normalized spacial score (nSPS) is 49.4. The number of allylic oxidation sites excluding steroid dienone is 1. The number of ether oxygens (including phenoxy) is 5. The second kappa shape index (κ2) is 5.52. The Morgan fingerprint density at radius 2 is 2.04 bits per heavy atom. The molecule has 3 saturated heterocycles. The Bertz CT molecular complexity index is 540. The maximum Gasteiger partial charge on any atom is 0.169 e. The zero-order valence-electron chi connectivity index (χ0n) is 14.7. The summed E-state index contributed by atoms with van der Waals surface area (Å²) in [5.74, 6) is 0.182. The molecule has 6 atom stereocenters. The van der Waals surface area contributed by atoms with Crippen LogP contribution < -0.4 is 0 Å². The van der Waals surface area contributed by atoms with Gasteiger partial charge >= 0.3 is 0 Å². The molecular weight excluding hydrogens is 308 g/mol. The summed E-state index contributed by atoms with van der Waals surface area (Å²) < 4.78 is 30.9. The Balaban J connectivity index is 1.40. The van der Waals surface area contributed by atoms with E-state index < -0.39 is 0 Å². The Kier molecular flexibility index (Phi) is 3.62. The highest BCUT2D eigenvalue weighted by Crippen LogP contribution is 2.59. The minimum atomic E-state index is -0.370. The molecule has 0 unspecified atom stereocenters. The van der Waals surface area contributed by atoms with E-state index in [1.165, 1.54) is 24.8 Å². The van der Waals surface area contributed by atoms with Crippen LogP contribution in [0.15, 0.2) is 11.6 Å². The van der Waals surface area contributed by atoms with E-state index in [9.17, 15) is 0 Å². The van der Waals surface area contributed by atoms with Crippen LogP contribution in [0.3, 0.4) is 0 Å². The monoisotopic (exact) mass is 336 g/mol. The van der Waals surface area contributed by atoms with Gasteiger partial charge in [0.2, 0.25) is 0 Å². The summed E-state index contributed by atoms with van der Waals surface area (Å²) in [7, 11) is 1.74. The summed E-state index contributed by atoms with van der Waals surface area (Å²) >= 11 is 0. The average molecular weight is 336 g/mol. The molecule has 0 N–H and O–H groups in total. The fourth-order valence-corrected chi connectivity index (χ4v) is 5.78. The highest BCUT2D eigenvalue weighted by atomic mass is 16.8. The molecule has 5 aliphatic rings. The summed E-state index contributed by atoms with van der Waals surface area (Å²) in [6.45, 7) is 3.57. The van der Waals surface area contributed by atoms with Crippen LogP contribution >= 0.6 is 0 Å². The predicted molar refractivity (Wildman–Crippen MR) is 86.3 cm³/mol. The van der Waals surface area contributed by atoms with Gasteiger partial charge in [0.15, 0.2) is 12.1 Å². The number of methoxy groups -OCH3 is 1. The molecule has 5 heteroatoms. The third-order valence-corrected chi connectivity index (χ3v) is 6.74. The van der Waals surface area contributed by atoms with Gasteiger partial charge in [-0.25, -0.2) is 0 Å². The van der Waals surface area contributed by atoms with Crippen molar-refractivity contribution < 1.29 is 23.7 Å². The predicted octanol–water partition coefficient (Wildman–Crippen LogP) is 2.78. The van der Waals surface area contributed by atoms with Gasteiger partial charge in [0, 0.05) is 20.0 Å². The first-order valence-electron chi connectivity index (χ1n) is 9.50. The summed E-state index contributed by atoms with van der Waals surface area (Å²) in [5.41, 5.74) is 1.24. The van der Waals surface area contributed by atoms with Crippen LogP contribution in [0.25, 0.3) is 0 Å². The summed E-state index contributed by atoms with van der Waals surface area (Å²) in [4.78, 5) is 0. The van der Waals surface area contributed by atoms with Crippen LogP contribution in [0.1, 0.15) is 45.4 Å². The molecule has 1 saturated carbocycles.